The van der Waals surface area contributed by atoms with E-state index in [1.54, 1.807) is 44.2 Å². The minimum absolute atomic E-state index is 0.0712. The molecule has 1 aromatic heterocycles. The van der Waals surface area contributed by atoms with Gasteiger partial charge in [0.15, 0.2) is 5.76 Å². The van der Waals surface area contributed by atoms with Gasteiger partial charge in [-0.3, -0.25) is 4.79 Å². The number of aryl methyl sites for hydroxylation is 2. The second-order valence-electron chi connectivity index (χ2n) is 4.62. The van der Waals surface area contributed by atoms with Gasteiger partial charge in [0.1, 0.15) is 5.76 Å². The number of carbonyl (C=O) groups is 1. The third kappa shape index (κ3) is 3.21. The monoisotopic (exact) mass is 293 g/mol. The molecule has 2 aromatic rings. The average Bonchev–Trinajstić information content (AvgIpc) is 2.75. The number of furan rings is 1. The summed E-state index contributed by atoms with van der Waals surface area (Å²) in [6, 6.07) is 8.78. The number of nitrogens with one attached hydrogen (secondary N) is 1. The maximum absolute atomic E-state index is 12.0. The average molecular weight is 294 g/mol. The maximum Gasteiger partial charge on any atom is 0.287 e. The number of hydrogen-bond donors (Lipinski definition) is 2. The van der Waals surface area contributed by atoms with Crippen molar-refractivity contribution in [3.8, 4) is 0 Å². The molecule has 1 atom stereocenters. The lowest BCUT2D eigenvalue weighted by Gasteiger charge is -2.13. The fourth-order valence-corrected chi connectivity index (χ4v) is 2.25. The second kappa shape index (κ2) is 6.11. The number of aliphatic hydroxyl groups is 1. The molecule has 1 aromatic carbocycles. The van der Waals surface area contributed by atoms with Gasteiger partial charge in [-0.2, -0.15) is 0 Å². The fourth-order valence-electron chi connectivity index (χ4n) is 1.99. The van der Waals surface area contributed by atoms with E-state index in [1.165, 1.54) is 0 Å². The highest BCUT2D eigenvalue weighted by molar-refractivity contribution is 6.31. The van der Waals surface area contributed by atoms with Crippen LogP contribution in [0.15, 0.2) is 34.7 Å². The molecule has 106 valence electrons. The standard InChI is InChI=1S/C15H16ClNO3/c1-9-7-10(2)20-14(9)15(19)17-8-13(18)11-5-3-4-6-12(11)16/h3-7,13,18H,8H2,1-2H3,(H,17,19). The van der Waals surface area contributed by atoms with Crippen molar-refractivity contribution in [2.24, 2.45) is 0 Å². The number of rotatable bonds is 4. The fraction of sp³-hybridized carbons (Fsp3) is 0.267. The van der Waals surface area contributed by atoms with Crippen LogP contribution in [0, 0.1) is 13.8 Å². The van der Waals surface area contributed by atoms with Gasteiger partial charge < -0.3 is 14.8 Å². The summed E-state index contributed by atoms with van der Waals surface area (Å²) >= 11 is 5.99. The lowest BCUT2D eigenvalue weighted by atomic mass is 10.1. The number of aliphatic hydroxyl groups excluding tert-OH is 1. The van der Waals surface area contributed by atoms with Gasteiger partial charge in [-0.1, -0.05) is 29.8 Å². The molecule has 20 heavy (non-hydrogen) atoms. The largest absolute Gasteiger partial charge is 0.456 e. The minimum atomic E-state index is -0.857. The summed E-state index contributed by atoms with van der Waals surface area (Å²) in [7, 11) is 0. The zero-order valence-corrected chi connectivity index (χ0v) is 12.1. The van der Waals surface area contributed by atoms with Gasteiger partial charge in [0, 0.05) is 22.7 Å². The van der Waals surface area contributed by atoms with Gasteiger partial charge in [0.2, 0.25) is 0 Å². The van der Waals surface area contributed by atoms with Crippen LogP contribution in [0.5, 0.6) is 0 Å². The molecule has 5 heteroatoms. The minimum Gasteiger partial charge on any atom is -0.456 e. The van der Waals surface area contributed by atoms with Gasteiger partial charge in [-0.15, -0.1) is 0 Å². The van der Waals surface area contributed by atoms with E-state index < -0.39 is 6.10 Å². The summed E-state index contributed by atoms with van der Waals surface area (Å²) < 4.78 is 5.32. The Kier molecular flexibility index (Phi) is 4.47. The maximum atomic E-state index is 12.0. The lowest BCUT2D eigenvalue weighted by Crippen LogP contribution is -2.28. The molecule has 1 unspecified atom stereocenters. The molecule has 0 radical (unpaired) electrons. The van der Waals surface area contributed by atoms with Gasteiger partial charge in [0.25, 0.3) is 5.91 Å². The van der Waals surface area contributed by atoms with Crippen LogP contribution < -0.4 is 5.32 Å². The Morgan fingerprint density at radius 3 is 2.70 bits per heavy atom. The Morgan fingerprint density at radius 2 is 2.10 bits per heavy atom. The van der Waals surface area contributed by atoms with E-state index in [9.17, 15) is 9.90 Å². The molecule has 0 saturated carbocycles. The third-order valence-electron chi connectivity index (χ3n) is 2.97. The topological polar surface area (TPSA) is 62.5 Å². The van der Waals surface area contributed by atoms with Crippen LogP contribution in [0.1, 0.15) is 33.5 Å². The van der Waals surface area contributed by atoms with Crippen LogP contribution in [0.2, 0.25) is 5.02 Å². The SMILES string of the molecule is Cc1cc(C)c(C(=O)NCC(O)c2ccccc2Cl)o1. The quantitative estimate of drug-likeness (QED) is 0.911. The van der Waals surface area contributed by atoms with Gasteiger partial charge in [0.05, 0.1) is 6.10 Å². The van der Waals surface area contributed by atoms with Gasteiger partial charge in [-0.05, 0) is 26.0 Å². The Bertz CT molecular complexity index is 621. The predicted molar refractivity (Wildman–Crippen MR) is 76.9 cm³/mol. The molecule has 1 amide bonds. The summed E-state index contributed by atoms with van der Waals surface area (Å²) in [5.41, 5.74) is 1.36. The van der Waals surface area contributed by atoms with Crippen LogP contribution in [-0.2, 0) is 0 Å². The van der Waals surface area contributed by atoms with Crippen LogP contribution in [0.4, 0.5) is 0 Å². The number of amides is 1. The molecule has 0 aliphatic rings. The molecule has 0 aliphatic heterocycles. The lowest BCUT2D eigenvalue weighted by molar-refractivity contribution is 0.0887. The highest BCUT2D eigenvalue weighted by atomic mass is 35.5. The van der Waals surface area contributed by atoms with Crippen LogP contribution in [-0.4, -0.2) is 17.6 Å². The normalized spacial score (nSPS) is 12.2. The van der Waals surface area contributed by atoms with E-state index in [4.69, 9.17) is 16.0 Å². The van der Waals surface area contributed by atoms with E-state index in [2.05, 4.69) is 5.32 Å². The van der Waals surface area contributed by atoms with Crippen LogP contribution in [0.3, 0.4) is 0 Å². The molecule has 4 nitrogen and oxygen atoms in total. The summed E-state index contributed by atoms with van der Waals surface area (Å²) in [6.45, 7) is 3.65. The first-order valence-corrected chi connectivity index (χ1v) is 6.64. The van der Waals surface area contributed by atoms with E-state index in [0.29, 0.717) is 16.3 Å². The number of halogens is 1. The highest BCUT2D eigenvalue weighted by Gasteiger charge is 2.17. The van der Waals surface area contributed by atoms with Crippen molar-refractivity contribution in [2.75, 3.05) is 6.54 Å². The van der Waals surface area contributed by atoms with Crippen molar-refractivity contribution in [2.45, 2.75) is 20.0 Å². The van der Waals surface area contributed by atoms with E-state index in [-0.39, 0.29) is 18.2 Å². The molecule has 2 rings (SSSR count). The molecular weight excluding hydrogens is 278 g/mol. The molecule has 1 heterocycles. The zero-order valence-electron chi connectivity index (χ0n) is 11.3. The first-order valence-electron chi connectivity index (χ1n) is 6.26. The van der Waals surface area contributed by atoms with Crippen molar-refractivity contribution in [3.63, 3.8) is 0 Å². The summed E-state index contributed by atoms with van der Waals surface area (Å²) in [4.78, 5) is 12.0. The Balaban J connectivity index is 2.00. The summed E-state index contributed by atoms with van der Waals surface area (Å²) in [5, 5.41) is 13.2. The van der Waals surface area contributed by atoms with Crippen molar-refractivity contribution in [1.29, 1.82) is 0 Å². The van der Waals surface area contributed by atoms with Crippen molar-refractivity contribution >= 4 is 17.5 Å². The van der Waals surface area contributed by atoms with Gasteiger partial charge in [-0.25, -0.2) is 0 Å². The van der Waals surface area contributed by atoms with Gasteiger partial charge >= 0.3 is 0 Å². The molecule has 0 saturated heterocycles. The Morgan fingerprint density at radius 1 is 1.40 bits per heavy atom. The first-order chi connectivity index (χ1) is 9.49. The van der Waals surface area contributed by atoms with E-state index in [1.807, 2.05) is 0 Å². The molecular formula is C15H16ClNO3. The third-order valence-corrected chi connectivity index (χ3v) is 3.31. The molecule has 0 aliphatic carbocycles. The highest BCUT2D eigenvalue weighted by Crippen LogP contribution is 2.22. The second-order valence-corrected chi connectivity index (χ2v) is 5.02. The predicted octanol–water partition coefficient (Wildman–Crippen LogP) is 3.01. The smallest absolute Gasteiger partial charge is 0.287 e. The summed E-state index contributed by atoms with van der Waals surface area (Å²) in [5.74, 6) is 0.606. The van der Waals surface area contributed by atoms with E-state index >= 15 is 0 Å². The zero-order chi connectivity index (χ0) is 14.7. The Labute approximate surface area is 122 Å². The molecule has 0 bridgehead atoms. The number of carbonyl (C=O) groups excluding carboxylic acids is 1. The summed E-state index contributed by atoms with van der Waals surface area (Å²) in [6.07, 6.45) is -0.857. The van der Waals surface area contributed by atoms with Crippen molar-refractivity contribution in [3.05, 3.63) is 58.0 Å². The first kappa shape index (κ1) is 14.6. The van der Waals surface area contributed by atoms with Crippen molar-refractivity contribution in [1.82, 2.24) is 5.32 Å². The van der Waals surface area contributed by atoms with Crippen LogP contribution >= 0.6 is 11.6 Å². The molecule has 2 N–H and O–H groups in total. The molecule has 0 fully saturated rings. The van der Waals surface area contributed by atoms with Crippen molar-refractivity contribution < 1.29 is 14.3 Å². The number of benzene rings is 1. The molecule has 0 spiro atoms. The Hall–Kier alpha value is -1.78. The van der Waals surface area contributed by atoms with Crippen LogP contribution in [0.25, 0.3) is 0 Å². The number of hydrogen-bond acceptors (Lipinski definition) is 3. The van der Waals surface area contributed by atoms with E-state index in [0.717, 1.165) is 5.56 Å².